The van der Waals surface area contributed by atoms with Crippen LogP contribution in [0.1, 0.15) is 25.3 Å². The van der Waals surface area contributed by atoms with Crippen molar-refractivity contribution in [2.45, 2.75) is 32.2 Å². The molecule has 1 aromatic rings. The Labute approximate surface area is 195 Å². The molecular weight excluding hydrogens is 530 g/mol. The second kappa shape index (κ2) is 12.9. The molecule has 0 saturated carbocycles. The summed E-state index contributed by atoms with van der Waals surface area (Å²) in [5, 5.41) is 7.08. The van der Waals surface area contributed by atoms with Crippen molar-refractivity contribution in [3.8, 4) is 0 Å². The van der Waals surface area contributed by atoms with Crippen LogP contribution in [0.3, 0.4) is 0 Å². The summed E-state index contributed by atoms with van der Waals surface area (Å²) in [6.07, 6.45) is 3.56. The van der Waals surface area contributed by atoms with E-state index >= 15 is 0 Å². The molecule has 0 bridgehead atoms. The van der Waals surface area contributed by atoms with Gasteiger partial charge in [-0.15, -0.1) is 24.0 Å². The largest absolute Gasteiger partial charge is 0.357 e. The zero-order valence-corrected chi connectivity index (χ0v) is 20.9. The van der Waals surface area contributed by atoms with Gasteiger partial charge < -0.3 is 15.5 Å². The van der Waals surface area contributed by atoms with Gasteiger partial charge in [0, 0.05) is 55.6 Å². The highest BCUT2D eigenvalue weighted by molar-refractivity contribution is 14.0. The standard InChI is InChI=1S/C19H30ClFN4O2S.HI/c1-3-22-19(23-10-7-16-17(20)5-4-6-18(16)21)24-15-8-11-25(12-9-15)13-14-28(2,26)27;/h4-6,15H,3,7-14H2,1-2H3,(H2,22,23,24);1H. The lowest BCUT2D eigenvalue weighted by Crippen LogP contribution is -2.49. The molecule has 1 aliphatic heterocycles. The maximum absolute atomic E-state index is 13.9. The SMILES string of the molecule is CCNC(=NCCc1c(F)cccc1Cl)NC1CCN(CCS(C)(=O)=O)CC1.I. The van der Waals surface area contributed by atoms with Crippen molar-refractivity contribution in [1.82, 2.24) is 15.5 Å². The number of guanidine groups is 1. The fraction of sp³-hybridized carbons (Fsp3) is 0.632. The van der Waals surface area contributed by atoms with Crippen LogP contribution in [0.25, 0.3) is 0 Å². The van der Waals surface area contributed by atoms with E-state index in [4.69, 9.17) is 11.6 Å². The second-order valence-corrected chi connectivity index (χ2v) is 9.77. The molecule has 1 heterocycles. The van der Waals surface area contributed by atoms with E-state index in [0.717, 1.165) is 32.5 Å². The van der Waals surface area contributed by atoms with Crippen LogP contribution in [0.5, 0.6) is 0 Å². The van der Waals surface area contributed by atoms with Gasteiger partial charge in [0.05, 0.1) is 5.75 Å². The first-order valence-corrected chi connectivity index (χ1v) is 12.1. The lowest BCUT2D eigenvalue weighted by molar-refractivity contribution is 0.216. The highest BCUT2D eigenvalue weighted by Gasteiger charge is 2.20. The molecule has 166 valence electrons. The number of aliphatic imine (C=N–C) groups is 1. The molecule has 0 aromatic heterocycles. The maximum Gasteiger partial charge on any atom is 0.191 e. The Morgan fingerprint density at radius 3 is 2.62 bits per heavy atom. The number of nitrogens with zero attached hydrogens (tertiary/aromatic N) is 2. The minimum atomic E-state index is -2.93. The summed E-state index contributed by atoms with van der Waals surface area (Å²) >= 11 is 6.07. The Kier molecular flexibility index (Phi) is 11.7. The first kappa shape index (κ1) is 26.4. The van der Waals surface area contributed by atoms with Crippen LogP contribution in [0.15, 0.2) is 23.2 Å². The number of hydrogen-bond donors (Lipinski definition) is 2. The van der Waals surface area contributed by atoms with Crippen molar-refractivity contribution in [3.63, 3.8) is 0 Å². The molecule has 0 radical (unpaired) electrons. The number of sulfone groups is 1. The van der Waals surface area contributed by atoms with Gasteiger partial charge in [0.15, 0.2) is 5.96 Å². The van der Waals surface area contributed by atoms with E-state index in [0.29, 0.717) is 36.1 Å². The van der Waals surface area contributed by atoms with Crippen molar-refractivity contribution < 1.29 is 12.8 Å². The number of nitrogens with one attached hydrogen (secondary N) is 2. The molecule has 10 heteroatoms. The summed E-state index contributed by atoms with van der Waals surface area (Å²) in [7, 11) is -2.93. The molecule has 2 rings (SSSR count). The molecule has 29 heavy (non-hydrogen) atoms. The monoisotopic (exact) mass is 560 g/mol. The number of likely N-dealkylation sites (tertiary alicyclic amines) is 1. The third kappa shape index (κ3) is 9.80. The highest BCUT2D eigenvalue weighted by Crippen LogP contribution is 2.19. The third-order valence-electron chi connectivity index (χ3n) is 4.74. The van der Waals surface area contributed by atoms with Gasteiger partial charge in [0.1, 0.15) is 15.7 Å². The first-order valence-electron chi connectivity index (χ1n) is 9.66. The van der Waals surface area contributed by atoms with E-state index in [1.807, 2.05) is 6.92 Å². The van der Waals surface area contributed by atoms with Crippen molar-refractivity contribution in [2.75, 3.05) is 44.7 Å². The lowest BCUT2D eigenvalue weighted by atomic mass is 10.1. The lowest BCUT2D eigenvalue weighted by Gasteiger charge is -2.32. The fourth-order valence-corrected chi connectivity index (χ4v) is 4.01. The zero-order valence-electron chi connectivity index (χ0n) is 17.0. The van der Waals surface area contributed by atoms with Crippen LogP contribution in [0, 0.1) is 5.82 Å². The Hall–Kier alpha value is -0.650. The summed E-state index contributed by atoms with van der Waals surface area (Å²) in [5.41, 5.74) is 0.489. The Balaban J connectivity index is 0.00000420. The summed E-state index contributed by atoms with van der Waals surface area (Å²) in [4.78, 5) is 6.73. The number of hydrogen-bond acceptors (Lipinski definition) is 4. The minimum absolute atomic E-state index is 0. The summed E-state index contributed by atoms with van der Waals surface area (Å²) in [5.74, 6) is 0.611. The predicted molar refractivity (Wildman–Crippen MR) is 129 cm³/mol. The minimum Gasteiger partial charge on any atom is -0.357 e. The molecule has 6 nitrogen and oxygen atoms in total. The molecule has 1 aliphatic rings. The van der Waals surface area contributed by atoms with Gasteiger partial charge in [0.25, 0.3) is 0 Å². The van der Waals surface area contributed by atoms with Crippen LogP contribution in [-0.2, 0) is 16.3 Å². The van der Waals surface area contributed by atoms with Gasteiger partial charge >= 0.3 is 0 Å². The smallest absolute Gasteiger partial charge is 0.191 e. The van der Waals surface area contributed by atoms with E-state index < -0.39 is 9.84 Å². The van der Waals surface area contributed by atoms with Crippen molar-refractivity contribution in [1.29, 1.82) is 0 Å². The summed E-state index contributed by atoms with van der Waals surface area (Å²) in [6.45, 7) is 5.47. The molecule has 0 aliphatic carbocycles. The Bertz CT molecular complexity index is 751. The van der Waals surface area contributed by atoms with Gasteiger partial charge in [-0.3, -0.25) is 4.99 Å². The number of benzene rings is 1. The van der Waals surface area contributed by atoms with Crippen LogP contribution >= 0.6 is 35.6 Å². The second-order valence-electron chi connectivity index (χ2n) is 7.10. The molecule has 0 amide bonds. The predicted octanol–water partition coefficient (Wildman–Crippen LogP) is 2.70. The average molecular weight is 561 g/mol. The quantitative estimate of drug-likeness (QED) is 0.291. The van der Waals surface area contributed by atoms with Crippen molar-refractivity contribution in [3.05, 3.63) is 34.6 Å². The van der Waals surface area contributed by atoms with Crippen LogP contribution in [0.2, 0.25) is 5.02 Å². The molecule has 1 saturated heterocycles. The van der Waals surface area contributed by atoms with Gasteiger partial charge in [-0.05, 0) is 38.3 Å². The third-order valence-corrected chi connectivity index (χ3v) is 6.02. The molecule has 1 aromatic carbocycles. The van der Waals surface area contributed by atoms with Crippen LogP contribution in [0.4, 0.5) is 4.39 Å². The molecule has 0 atom stereocenters. The van der Waals surface area contributed by atoms with Gasteiger partial charge in [0.2, 0.25) is 0 Å². The van der Waals surface area contributed by atoms with Gasteiger partial charge in [-0.2, -0.15) is 0 Å². The summed E-state index contributed by atoms with van der Waals surface area (Å²) < 4.78 is 36.5. The molecule has 0 unspecified atom stereocenters. The van der Waals surface area contributed by atoms with E-state index in [2.05, 4.69) is 20.5 Å². The topological polar surface area (TPSA) is 73.8 Å². The number of rotatable bonds is 8. The van der Waals surface area contributed by atoms with Crippen LogP contribution in [-0.4, -0.2) is 70.1 Å². The van der Waals surface area contributed by atoms with Crippen LogP contribution < -0.4 is 10.6 Å². The molecule has 0 spiro atoms. The van der Waals surface area contributed by atoms with Crippen molar-refractivity contribution in [2.24, 2.45) is 4.99 Å². The van der Waals surface area contributed by atoms with Gasteiger partial charge in [-0.1, -0.05) is 17.7 Å². The highest BCUT2D eigenvalue weighted by atomic mass is 127. The van der Waals surface area contributed by atoms with E-state index in [-0.39, 0.29) is 41.6 Å². The van der Waals surface area contributed by atoms with Crippen molar-refractivity contribution >= 4 is 51.4 Å². The first-order chi connectivity index (χ1) is 13.3. The molecule has 1 fully saturated rings. The Morgan fingerprint density at radius 2 is 2.03 bits per heavy atom. The molecular formula is C19H31ClFIN4O2S. The zero-order chi connectivity index (χ0) is 20.6. The number of halogens is 3. The van der Waals surface area contributed by atoms with E-state index in [1.54, 1.807) is 12.1 Å². The average Bonchev–Trinajstić information content (AvgIpc) is 2.63. The maximum atomic E-state index is 13.9. The normalized spacial score (nSPS) is 16.3. The fourth-order valence-electron chi connectivity index (χ4n) is 3.16. The Morgan fingerprint density at radius 1 is 1.34 bits per heavy atom. The number of piperidine rings is 1. The molecule has 2 N–H and O–H groups in total. The summed E-state index contributed by atoms with van der Waals surface area (Å²) in [6, 6.07) is 4.97. The van der Waals surface area contributed by atoms with E-state index in [9.17, 15) is 12.8 Å². The van der Waals surface area contributed by atoms with Gasteiger partial charge in [-0.25, -0.2) is 12.8 Å². The van der Waals surface area contributed by atoms with E-state index in [1.165, 1.54) is 12.3 Å².